The van der Waals surface area contributed by atoms with Gasteiger partial charge in [-0.1, -0.05) is 164 Å². The van der Waals surface area contributed by atoms with Crippen LogP contribution in [0.1, 0.15) is 0 Å². The Kier molecular flexibility index (Phi) is 8.17. The molecule has 12 aromatic rings. The molecule has 2 aromatic heterocycles. The summed E-state index contributed by atoms with van der Waals surface area (Å²) in [6.07, 6.45) is 0. The lowest BCUT2D eigenvalue weighted by Gasteiger charge is -2.26. The zero-order valence-electron chi connectivity index (χ0n) is 33.2. The number of benzene rings is 10. The van der Waals surface area contributed by atoms with Crippen LogP contribution in [0, 0.1) is 0 Å². The van der Waals surface area contributed by atoms with Gasteiger partial charge >= 0.3 is 0 Å². The van der Waals surface area contributed by atoms with Crippen LogP contribution in [0.2, 0.25) is 0 Å². The van der Waals surface area contributed by atoms with Crippen LogP contribution in [-0.2, 0) is 0 Å². The van der Waals surface area contributed by atoms with Crippen molar-refractivity contribution in [2.45, 2.75) is 0 Å². The molecule has 3 heteroatoms. The maximum atomic E-state index is 6.44. The molecule has 61 heavy (non-hydrogen) atoms. The van der Waals surface area contributed by atoms with E-state index < -0.39 is 0 Å². The van der Waals surface area contributed by atoms with Gasteiger partial charge in [-0.3, -0.25) is 0 Å². The van der Waals surface area contributed by atoms with E-state index >= 15 is 0 Å². The van der Waals surface area contributed by atoms with Gasteiger partial charge in [0, 0.05) is 49.7 Å². The highest BCUT2D eigenvalue weighted by molar-refractivity contribution is 6.10. The third kappa shape index (κ3) is 5.90. The molecule has 10 aromatic carbocycles. The van der Waals surface area contributed by atoms with Crippen molar-refractivity contribution >= 4 is 71.6 Å². The fourth-order valence-corrected chi connectivity index (χ4v) is 9.27. The van der Waals surface area contributed by atoms with E-state index in [1.165, 1.54) is 49.3 Å². The average Bonchev–Trinajstić information content (AvgIpc) is 3.88. The van der Waals surface area contributed by atoms with Crippen molar-refractivity contribution in [3.05, 3.63) is 231 Å². The number of fused-ring (bicyclic) bond motifs is 7. The van der Waals surface area contributed by atoms with E-state index in [1.54, 1.807) is 0 Å². The fraction of sp³-hybridized carbons (Fsp3) is 0. The first kappa shape index (κ1) is 34.9. The summed E-state index contributed by atoms with van der Waals surface area (Å²) in [6, 6.07) is 82.9. The first-order valence-electron chi connectivity index (χ1n) is 20.8. The number of para-hydroxylation sites is 5. The van der Waals surface area contributed by atoms with E-state index in [4.69, 9.17) is 4.42 Å². The van der Waals surface area contributed by atoms with Crippen molar-refractivity contribution in [1.82, 2.24) is 4.57 Å². The van der Waals surface area contributed by atoms with Crippen LogP contribution < -0.4 is 4.90 Å². The number of hydrogen-bond donors (Lipinski definition) is 0. The molecular formula is C58H38N2O. The minimum atomic E-state index is 0.904. The summed E-state index contributed by atoms with van der Waals surface area (Å²) in [5.74, 6) is 0. The molecule has 0 radical (unpaired) electrons. The molecule has 0 bridgehead atoms. The third-order valence-corrected chi connectivity index (χ3v) is 12.2. The predicted octanol–water partition coefficient (Wildman–Crippen LogP) is 16.3. The Balaban J connectivity index is 0.952. The van der Waals surface area contributed by atoms with Crippen LogP contribution >= 0.6 is 0 Å². The van der Waals surface area contributed by atoms with Gasteiger partial charge in [0.25, 0.3) is 0 Å². The standard InChI is InChI=1S/C58H38N2O/c1-2-13-43-38-44(25-24-39(43)12-1)40-26-32-45(33-27-40)59(47-36-30-42(31-37-47)49-18-11-19-53-52-17-6-10-23-57(52)61-58(49)53)46-34-28-41(29-35-46)48-14-3-7-20-54(48)60-55-21-8-4-15-50(55)51-16-5-9-22-56(51)60/h1-38H. The molecular weight excluding hydrogens is 741 g/mol. The Bertz CT molecular complexity index is 3520. The van der Waals surface area contributed by atoms with Crippen molar-refractivity contribution in [3.63, 3.8) is 0 Å². The molecule has 0 spiro atoms. The van der Waals surface area contributed by atoms with Gasteiger partial charge in [-0.25, -0.2) is 0 Å². The first-order valence-corrected chi connectivity index (χ1v) is 20.8. The molecule has 2 heterocycles. The van der Waals surface area contributed by atoms with E-state index in [2.05, 4.69) is 228 Å². The zero-order chi connectivity index (χ0) is 40.3. The highest BCUT2D eigenvalue weighted by Gasteiger charge is 2.18. The Morgan fingerprint density at radius 2 is 0.820 bits per heavy atom. The molecule has 3 nitrogen and oxygen atoms in total. The second-order valence-corrected chi connectivity index (χ2v) is 15.7. The number of rotatable bonds is 7. The molecule has 0 amide bonds. The second kappa shape index (κ2) is 14.3. The molecule has 286 valence electrons. The molecule has 0 saturated carbocycles. The van der Waals surface area contributed by atoms with Gasteiger partial charge in [-0.2, -0.15) is 0 Å². The summed E-state index contributed by atoms with van der Waals surface area (Å²) in [4.78, 5) is 2.35. The van der Waals surface area contributed by atoms with Crippen LogP contribution in [-0.4, -0.2) is 4.57 Å². The topological polar surface area (TPSA) is 21.3 Å². The minimum Gasteiger partial charge on any atom is -0.455 e. The SMILES string of the molecule is c1ccc(-n2c3ccccc3c3ccccc32)c(-c2ccc(N(c3ccc(-c4ccc5ccccc5c4)cc3)c3ccc(-c4cccc5c4oc4ccccc45)cc3)cc2)c1. The summed E-state index contributed by atoms with van der Waals surface area (Å²) < 4.78 is 8.84. The summed E-state index contributed by atoms with van der Waals surface area (Å²) in [5, 5.41) is 7.26. The van der Waals surface area contributed by atoms with Gasteiger partial charge in [0.2, 0.25) is 0 Å². The number of nitrogens with zero attached hydrogens (tertiary/aromatic N) is 2. The monoisotopic (exact) mass is 778 g/mol. The van der Waals surface area contributed by atoms with Crippen LogP contribution in [0.25, 0.3) is 93.6 Å². The second-order valence-electron chi connectivity index (χ2n) is 15.7. The lowest BCUT2D eigenvalue weighted by Crippen LogP contribution is -2.09. The molecule has 0 unspecified atom stereocenters. The van der Waals surface area contributed by atoms with Gasteiger partial charge in [0.05, 0.1) is 16.7 Å². The van der Waals surface area contributed by atoms with Crippen molar-refractivity contribution in [2.75, 3.05) is 4.90 Å². The zero-order valence-corrected chi connectivity index (χ0v) is 33.2. The summed E-state index contributed by atoms with van der Waals surface area (Å²) in [6.45, 7) is 0. The molecule has 0 N–H and O–H groups in total. The van der Waals surface area contributed by atoms with E-state index in [9.17, 15) is 0 Å². The highest BCUT2D eigenvalue weighted by Crippen LogP contribution is 2.41. The van der Waals surface area contributed by atoms with Gasteiger partial charge in [-0.05, 0) is 99.8 Å². The van der Waals surface area contributed by atoms with Crippen molar-refractivity contribution < 1.29 is 4.42 Å². The molecule has 0 atom stereocenters. The molecule has 0 aliphatic carbocycles. The summed E-state index contributed by atoms with van der Waals surface area (Å²) in [7, 11) is 0. The van der Waals surface area contributed by atoms with E-state index in [0.29, 0.717) is 0 Å². The Morgan fingerprint density at radius 1 is 0.328 bits per heavy atom. The molecule has 12 rings (SSSR count). The van der Waals surface area contributed by atoms with Gasteiger partial charge < -0.3 is 13.9 Å². The van der Waals surface area contributed by atoms with Crippen LogP contribution in [0.5, 0.6) is 0 Å². The maximum Gasteiger partial charge on any atom is 0.143 e. The predicted molar refractivity (Wildman–Crippen MR) is 257 cm³/mol. The van der Waals surface area contributed by atoms with Gasteiger partial charge in [0.15, 0.2) is 0 Å². The molecule has 0 aliphatic heterocycles. The van der Waals surface area contributed by atoms with E-state index in [0.717, 1.165) is 61.4 Å². The molecule has 0 saturated heterocycles. The Morgan fingerprint density at radius 3 is 1.51 bits per heavy atom. The van der Waals surface area contributed by atoms with Gasteiger partial charge in [0.1, 0.15) is 11.2 Å². The third-order valence-electron chi connectivity index (χ3n) is 12.2. The average molecular weight is 779 g/mol. The largest absolute Gasteiger partial charge is 0.455 e. The lowest BCUT2D eigenvalue weighted by molar-refractivity contribution is 0.670. The molecule has 0 aliphatic rings. The Labute approximate surface area is 353 Å². The van der Waals surface area contributed by atoms with Crippen LogP contribution in [0.4, 0.5) is 17.1 Å². The highest BCUT2D eigenvalue weighted by atomic mass is 16.3. The smallest absolute Gasteiger partial charge is 0.143 e. The van der Waals surface area contributed by atoms with E-state index in [-0.39, 0.29) is 0 Å². The van der Waals surface area contributed by atoms with Crippen molar-refractivity contribution in [3.8, 4) is 39.1 Å². The number of anilines is 3. The van der Waals surface area contributed by atoms with Crippen LogP contribution in [0.3, 0.4) is 0 Å². The number of aromatic nitrogens is 1. The Hall–Kier alpha value is -8.14. The molecule has 0 fully saturated rings. The van der Waals surface area contributed by atoms with Crippen molar-refractivity contribution in [2.24, 2.45) is 0 Å². The van der Waals surface area contributed by atoms with Gasteiger partial charge in [-0.15, -0.1) is 0 Å². The summed E-state index contributed by atoms with van der Waals surface area (Å²) >= 11 is 0. The number of furan rings is 1. The van der Waals surface area contributed by atoms with Crippen molar-refractivity contribution in [1.29, 1.82) is 0 Å². The minimum absolute atomic E-state index is 0.904. The van der Waals surface area contributed by atoms with E-state index in [1.807, 2.05) is 12.1 Å². The quantitative estimate of drug-likeness (QED) is 0.161. The lowest BCUT2D eigenvalue weighted by atomic mass is 10.00. The normalized spacial score (nSPS) is 11.6. The van der Waals surface area contributed by atoms with Crippen LogP contribution in [0.15, 0.2) is 235 Å². The summed E-state index contributed by atoms with van der Waals surface area (Å²) in [5.41, 5.74) is 15.5. The number of hydrogen-bond acceptors (Lipinski definition) is 2. The maximum absolute atomic E-state index is 6.44. The fourth-order valence-electron chi connectivity index (χ4n) is 9.27. The first-order chi connectivity index (χ1) is 30.2.